The largest absolute Gasteiger partial charge is 0.444 e. The second kappa shape index (κ2) is 7.13. The van der Waals surface area contributed by atoms with Crippen molar-refractivity contribution in [3.05, 3.63) is 29.3 Å². The van der Waals surface area contributed by atoms with Crippen LogP contribution >= 0.6 is 0 Å². The lowest BCUT2D eigenvalue weighted by atomic mass is 9.90. The standard InChI is InChI=1S/C22H34N2O2/c1-21(2,3)26-20(25)24-18-10-8-17(9-11-18)23-19-7-6-15-13-22(4,5)14-16(15)12-19/h6-7,12,17-18,23H,8-11,13-14H2,1-5H3,(H,24,25). The second-order valence-corrected chi connectivity index (χ2v) is 9.84. The molecule has 1 aromatic rings. The minimum atomic E-state index is -0.440. The van der Waals surface area contributed by atoms with Crippen molar-refractivity contribution in [2.24, 2.45) is 5.41 Å². The summed E-state index contributed by atoms with van der Waals surface area (Å²) in [6.07, 6.45) is 6.19. The van der Waals surface area contributed by atoms with E-state index in [1.807, 2.05) is 20.8 Å². The van der Waals surface area contributed by atoms with E-state index >= 15 is 0 Å². The smallest absolute Gasteiger partial charge is 0.407 e. The summed E-state index contributed by atoms with van der Waals surface area (Å²) in [6, 6.07) is 7.57. The zero-order valence-corrected chi connectivity index (χ0v) is 16.9. The van der Waals surface area contributed by atoms with Crippen LogP contribution in [-0.4, -0.2) is 23.8 Å². The molecule has 26 heavy (non-hydrogen) atoms. The summed E-state index contributed by atoms with van der Waals surface area (Å²) in [7, 11) is 0. The third kappa shape index (κ3) is 5.15. The number of ether oxygens (including phenoxy) is 1. The molecule has 1 amide bonds. The maximum absolute atomic E-state index is 11.9. The molecule has 3 rings (SSSR count). The van der Waals surface area contributed by atoms with Gasteiger partial charge in [0.15, 0.2) is 0 Å². The number of carbonyl (C=O) groups excluding carboxylic acids is 1. The first kappa shape index (κ1) is 19.1. The maximum Gasteiger partial charge on any atom is 0.407 e. The molecule has 144 valence electrons. The van der Waals surface area contributed by atoms with Gasteiger partial charge in [-0.25, -0.2) is 4.79 Å². The van der Waals surface area contributed by atoms with Crippen LogP contribution in [-0.2, 0) is 17.6 Å². The predicted molar refractivity (Wildman–Crippen MR) is 107 cm³/mol. The molecule has 0 saturated heterocycles. The van der Waals surface area contributed by atoms with Crippen LogP contribution in [0.5, 0.6) is 0 Å². The Kier molecular flexibility index (Phi) is 5.23. The fourth-order valence-corrected chi connectivity index (χ4v) is 4.24. The van der Waals surface area contributed by atoms with E-state index in [0.29, 0.717) is 11.5 Å². The highest BCUT2D eigenvalue weighted by Gasteiger charge is 2.29. The maximum atomic E-state index is 11.9. The van der Waals surface area contributed by atoms with Gasteiger partial charge in [0.25, 0.3) is 0 Å². The van der Waals surface area contributed by atoms with Gasteiger partial charge in [-0.2, -0.15) is 0 Å². The quantitative estimate of drug-likeness (QED) is 0.794. The number of anilines is 1. The first-order valence-corrected chi connectivity index (χ1v) is 9.97. The Morgan fingerprint density at radius 1 is 1.04 bits per heavy atom. The molecular formula is C22H34N2O2. The molecule has 0 heterocycles. The second-order valence-electron chi connectivity index (χ2n) is 9.84. The summed E-state index contributed by atoms with van der Waals surface area (Å²) in [5, 5.41) is 6.72. The zero-order valence-electron chi connectivity index (χ0n) is 16.9. The molecule has 1 aromatic carbocycles. The van der Waals surface area contributed by atoms with Gasteiger partial charge in [0.2, 0.25) is 0 Å². The van der Waals surface area contributed by atoms with Crippen LogP contribution in [0.1, 0.15) is 71.4 Å². The van der Waals surface area contributed by atoms with E-state index in [9.17, 15) is 4.79 Å². The molecule has 0 bridgehead atoms. The van der Waals surface area contributed by atoms with E-state index in [4.69, 9.17) is 4.74 Å². The van der Waals surface area contributed by atoms with Crippen LogP contribution in [0.15, 0.2) is 18.2 Å². The molecule has 2 aliphatic carbocycles. The number of fused-ring (bicyclic) bond motifs is 1. The van der Waals surface area contributed by atoms with Crippen LogP contribution in [0.4, 0.5) is 10.5 Å². The minimum Gasteiger partial charge on any atom is -0.444 e. The summed E-state index contributed by atoms with van der Waals surface area (Å²) in [5.41, 5.74) is 4.20. The number of hydrogen-bond acceptors (Lipinski definition) is 3. The topological polar surface area (TPSA) is 50.4 Å². The van der Waals surface area contributed by atoms with Gasteiger partial charge < -0.3 is 15.4 Å². The zero-order chi connectivity index (χ0) is 18.9. The number of carbonyl (C=O) groups is 1. The molecule has 4 nitrogen and oxygen atoms in total. The van der Waals surface area contributed by atoms with Crippen LogP contribution in [0.25, 0.3) is 0 Å². The van der Waals surface area contributed by atoms with Gasteiger partial charge in [-0.05, 0) is 88.0 Å². The van der Waals surface area contributed by atoms with E-state index in [-0.39, 0.29) is 12.1 Å². The van der Waals surface area contributed by atoms with Gasteiger partial charge in [-0.1, -0.05) is 19.9 Å². The van der Waals surface area contributed by atoms with Crippen LogP contribution in [0.2, 0.25) is 0 Å². The van der Waals surface area contributed by atoms with Gasteiger partial charge in [-0.3, -0.25) is 0 Å². The Morgan fingerprint density at radius 3 is 2.31 bits per heavy atom. The summed E-state index contributed by atoms with van der Waals surface area (Å²) >= 11 is 0. The molecule has 0 radical (unpaired) electrons. The van der Waals surface area contributed by atoms with Crippen molar-refractivity contribution >= 4 is 11.8 Å². The molecule has 2 N–H and O–H groups in total. The number of benzene rings is 1. The van der Waals surface area contributed by atoms with Crippen molar-refractivity contribution in [1.82, 2.24) is 5.32 Å². The van der Waals surface area contributed by atoms with Crippen LogP contribution in [0.3, 0.4) is 0 Å². The molecule has 0 aromatic heterocycles. The van der Waals surface area contributed by atoms with Gasteiger partial charge in [0.1, 0.15) is 5.60 Å². The fraction of sp³-hybridized carbons (Fsp3) is 0.682. The van der Waals surface area contributed by atoms with Crippen molar-refractivity contribution in [3.63, 3.8) is 0 Å². The molecule has 1 saturated carbocycles. The molecule has 0 aliphatic heterocycles. The van der Waals surface area contributed by atoms with Crippen molar-refractivity contribution in [2.45, 2.75) is 90.8 Å². The highest BCUT2D eigenvalue weighted by atomic mass is 16.6. The fourth-order valence-electron chi connectivity index (χ4n) is 4.24. The Morgan fingerprint density at radius 2 is 1.65 bits per heavy atom. The van der Waals surface area contributed by atoms with E-state index in [1.54, 1.807) is 0 Å². The Balaban J connectivity index is 1.47. The molecular weight excluding hydrogens is 324 g/mol. The molecule has 0 atom stereocenters. The lowest BCUT2D eigenvalue weighted by Gasteiger charge is -2.31. The third-order valence-corrected chi connectivity index (χ3v) is 5.36. The first-order valence-electron chi connectivity index (χ1n) is 9.97. The number of rotatable bonds is 3. The first-order chi connectivity index (χ1) is 12.1. The normalized spacial score (nSPS) is 24.7. The number of amides is 1. The molecule has 0 unspecified atom stereocenters. The van der Waals surface area contributed by atoms with Crippen LogP contribution < -0.4 is 10.6 Å². The average Bonchev–Trinajstić information content (AvgIpc) is 2.80. The Hall–Kier alpha value is -1.71. The minimum absolute atomic E-state index is 0.226. The Bertz CT molecular complexity index is 653. The van der Waals surface area contributed by atoms with Gasteiger partial charge in [0.05, 0.1) is 0 Å². The van der Waals surface area contributed by atoms with Gasteiger partial charge in [0, 0.05) is 17.8 Å². The molecule has 2 aliphatic rings. The van der Waals surface area contributed by atoms with E-state index in [1.165, 1.54) is 29.7 Å². The van der Waals surface area contributed by atoms with Gasteiger partial charge in [-0.15, -0.1) is 0 Å². The van der Waals surface area contributed by atoms with Crippen molar-refractivity contribution < 1.29 is 9.53 Å². The molecule has 1 fully saturated rings. The number of alkyl carbamates (subject to hydrolysis) is 1. The third-order valence-electron chi connectivity index (χ3n) is 5.36. The highest BCUT2D eigenvalue weighted by molar-refractivity contribution is 5.68. The van der Waals surface area contributed by atoms with E-state index in [2.05, 4.69) is 42.7 Å². The molecule has 0 spiro atoms. The average molecular weight is 359 g/mol. The van der Waals surface area contributed by atoms with E-state index in [0.717, 1.165) is 25.7 Å². The number of nitrogens with one attached hydrogen (secondary N) is 2. The van der Waals surface area contributed by atoms with Crippen LogP contribution in [0, 0.1) is 5.41 Å². The molecule has 4 heteroatoms. The lowest BCUT2D eigenvalue weighted by Crippen LogP contribution is -2.42. The summed E-state index contributed by atoms with van der Waals surface area (Å²) in [5.74, 6) is 0. The van der Waals surface area contributed by atoms with E-state index < -0.39 is 5.60 Å². The highest BCUT2D eigenvalue weighted by Crippen LogP contribution is 2.37. The summed E-state index contributed by atoms with van der Waals surface area (Å²) < 4.78 is 5.36. The Labute approximate surface area is 158 Å². The van der Waals surface area contributed by atoms with Crippen molar-refractivity contribution in [1.29, 1.82) is 0 Å². The number of hydrogen-bond donors (Lipinski definition) is 2. The monoisotopic (exact) mass is 358 g/mol. The predicted octanol–water partition coefficient (Wildman–Crippen LogP) is 5.06. The lowest BCUT2D eigenvalue weighted by molar-refractivity contribution is 0.0492. The summed E-state index contributed by atoms with van der Waals surface area (Å²) in [4.78, 5) is 11.9. The SMILES string of the molecule is CC1(C)Cc2ccc(NC3CCC(NC(=O)OC(C)(C)C)CC3)cc2C1. The van der Waals surface area contributed by atoms with Gasteiger partial charge >= 0.3 is 6.09 Å². The van der Waals surface area contributed by atoms with Crippen molar-refractivity contribution in [2.75, 3.05) is 5.32 Å². The van der Waals surface area contributed by atoms with Crippen molar-refractivity contribution in [3.8, 4) is 0 Å². The summed E-state index contributed by atoms with van der Waals surface area (Å²) in [6.45, 7) is 10.4.